The lowest BCUT2D eigenvalue weighted by Gasteiger charge is -2.37. The van der Waals surface area contributed by atoms with Crippen LogP contribution in [0.3, 0.4) is 0 Å². The Morgan fingerprint density at radius 3 is 2.34 bits per heavy atom. The van der Waals surface area contributed by atoms with Gasteiger partial charge in [0.05, 0.1) is 18.7 Å². The van der Waals surface area contributed by atoms with Crippen LogP contribution in [0.15, 0.2) is 30.5 Å². The third kappa shape index (κ3) is 5.78. The van der Waals surface area contributed by atoms with E-state index in [1.54, 1.807) is 38.2 Å². The van der Waals surface area contributed by atoms with E-state index >= 15 is 0 Å². The standard InChI is InChI=1S/C20H23F3N4OS/c1-12(2)10-16(18(25)28)27(9-8-24)17(20(21,22)23)14-4-6-15(7-5-14)19-26-11-13(3)29-19/h4-7,11-12,16-17H,9-10H2,1-3H3,(H2,25,28)/t16-,17-/m0/s1. The third-order valence-electron chi connectivity index (χ3n) is 4.41. The van der Waals surface area contributed by atoms with Crippen molar-refractivity contribution in [2.24, 2.45) is 11.7 Å². The minimum Gasteiger partial charge on any atom is -0.368 e. The van der Waals surface area contributed by atoms with E-state index in [1.165, 1.54) is 23.5 Å². The number of nitriles is 1. The minimum absolute atomic E-state index is 0.0558. The first kappa shape index (κ1) is 22.8. The Balaban J connectivity index is 2.47. The zero-order chi connectivity index (χ0) is 21.8. The first-order valence-corrected chi connectivity index (χ1v) is 9.87. The summed E-state index contributed by atoms with van der Waals surface area (Å²) in [6, 6.07) is 4.29. The summed E-state index contributed by atoms with van der Waals surface area (Å²) >= 11 is 1.44. The molecule has 0 saturated carbocycles. The molecule has 2 rings (SSSR count). The fourth-order valence-corrected chi connectivity index (χ4v) is 3.96. The Morgan fingerprint density at radius 1 is 1.31 bits per heavy atom. The van der Waals surface area contributed by atoms with Gasteiger partial charge in [-0.05, 0) is 24.8 Å². The molecule has 0 radical (unpaired) electrons. The summed E-state index contributed by atoms with van der Waals surface area (Å²) in [6.45, 7) is 4.90. The summed E-state index contributed by atoms with van der Waals surface area (Å²) < 4.78 is 42.2. The Labute approximate surface area is 172 Å². The number of hydrogen-bond acceptors (Lipinski definition) is 5. The maximum atomic E-state index is 14.1. The molecule has 1 heterocycles. The number of amides is 1. The maximum absolute atomic E-state index is 14.1. The van der Waals surface area contributed by atoms with Gasteiger partial charge < -0.3 is 5.73 Å². The first-order chi connectivity index (χ1) is 13.5. The van der Waals surface area contributed by atoms with Crippen LogP contribution < -0.4 is 5.73 Å². The Bertz CT molecular complexity index is 871. The number of nitrogens with two attached hydrogens (primary N) is 1. The number of primary amides is 1. The number of nitrogens with zero attached hydrogens (tertiary/aromatic N) is 3. The molecule has 0 saturated heterocycles. The van der Waals surface area contributed by atoms with Crippen molar-refractivity contribution in [1.82, 2.24) is 9.88 Å². The van der Waals surface area contributed by atoms with Crippen molar-refractivity contribution in [1.29, 1.82) is 5.26 Å². The average Bonchev–Trinajstić information content (AvgIpc) is 3.05. The summed E-state index contributed by atoms with van der Waals surface area (Å²) in [4.78, 5) is 18.0. The summed E-state index contributed by atoms with van der Waals surface area (Å²) in [5.41, 5.74) is 6.06. The molecule has 29 heavy (non-hydrogen) atoms. The van der Waals surface area contributed by atoms with E-state index in [1.807, 2.05) is 6.92 Å². The molecule has 1 aromatic carbocycles. The van der Waals surface area contributed by atoms with Crippen LogP contribution >= 0.6 is 11.3 Å². The Morgan fingerprint density at radius 2 is 1.93 bits per heavy atom. The maximum Gasteiger partial charge on any atom is 0.408 e. The highest BCUT2D eigenvalue weighted by Gasteiger charge is 2.47. The van der Waals surface area contributed by atoms with Crippen molar-refractivity contribution in [3.05, 3.63) is 40.9 Å². The lowest BCUT2D eigenvalue weighted by Crippen LogP contribution is -2.51. The zero-order valence-corrected chi connectivity index (χ0v) is 17.2. The SMILES string of the molecule is Cc1cnc(-c2ccc([C@H](N(CC#N)[C@@H](CC(C)C)C(N)=O)C(F)(F)F)cc2)s1. The van der Waals surface area contributed by atoms with E-state index in [2.05, 4.69) is 4.98 Å². The van der Waals surface area contributed by atoms with Crippen LogP contribution in [0, 0.1) is 24.2 Å². The molecule has 9 heteroatoms. The van der Waals surface area contributed by atoms with Gasteiger partial charge in [-0.1, -0.05) is 38.1 Å². The lowest BCUT2D eigenvalue weighted by atomic mass is 9.96. The number of hydrogen-bond donors (Lipinski definition) is 1. The highest BCUT2D eigenvalue weighted by Crippen LogP contribution is 2.40. The number of alkyl halides is 3. The second kappa shape index (κ2) is 9.37. The fourth-order valence-electron chi connectivity index (χ4n) is 3.19. The fraction of sp³-hybridized carbons (Fsp3) is 0.450. The number of rotatable bonds is 8. The lowest BCUT2D eigenvalue weighted by molar-refractivity contribution is -0.192. The molecule has 1 aromatic heterocycles. The van der Waals surface area contributed by atoms with Crippen molar-refractivity contribution >= 4 is 17.2 Å². The molecule has 156 valence electrons. The number of carbonyl (C=O) groups excluding carboxylic acids is 1. The summed E-state index contributed by atoms with van der Waals surface area (Å²) in [5.74, 6) is -0.948. The Kier molecular flexibility index (Phi) is 7.38. The van der Waals surface area contributed by atoms with Crippen molar-refractivity contribution < 1.29 is 18.0 Å². The van der Waals surface area contributed by atoms with E-state index < -0.39 is 30.7 Å². The number of carbonyl (C=O) groups is 1. The van der Waals surface area contributed by atoms with Gasteiger partial charge in [-0.15, -0.1) is 11.3 Å². The minimum atomic E-state index is -4.69. The van der Waals surface area contributed by atoms with E-state index in [0.717, 1.165) is 9.78 Å². The van der Waals surface area contributed by atoms with Crippen LogP contribution in [-0.4, -0.2) is 34.6 Å². The van der Waals surface area contributed by atoms with Gasteiger partial charge in [-0.25, -0.2) is 4.98 Å². The summed E-state index contributed by atoms with van der Waals surface area (Å²) in [6.07, 6.45) is -2.87. The summed E-state index contributed by atoms with van der Waals surface area (Å²) in [5, 5.41) is 9.85. The van der Waals surface area contributed by atoms with Crippen molar-refractivity contribution in [2.45, 2.75) is 45.5 Å². The van der Waals surface area contributed by atoms with Crippen molar-refractivity contribution in [3.63, 3.8) is 0 Å². The molecular weight excluding hydrogens is 401 g/mol. The third-order valence-corrected chi connectivity index (χ3v) is 5.37. The molecule has 2 N–H and O–H groups in total. The molecular formula is C20H23F3N4OS. The van der Waals surface area contributed by atoms with Crippen LogP contribution in [0.25, 0.3) is 10.6 Å². The van der Waals surface area contributed by atoms with Gasteiger partial charge >= 0.3 is 6.18 Å². The Hall–Kier alpha value is -2.44. The average molecular weight is 424 g/mol. The van der Waals surface area contributed by atoms with Gasteiger partial charge in [0.15, 0.2) is 0 Å². The number of halogens is 3. The highest BCUT2D eigenvalue weighted by molar-refractivity contribution is 7.14. The summed E-state index contributed by atoms with van der Waals surface area (Å²) in [7, 11) is 0. The predicted molar refractivity (Wildman–Crippen MR) is 106 cm³/mol. The second-order valence-electron chi connectivity index (χ2n) is 7.22. The van der Waals surface area contributed by atoms with E-state index in [4.69, 9.17) is 11.0 Å². The first-order valence-electron chi connectivity index (χ1n) is 9.06. The number of benzene rings is 1. The van der Waals surface area contributed by atoms with Crippen molar-refractivity contribution in [3.8, 4) is 16.6 Å². The number of thiazole rings is 1. The van der Waals surface area contributed by atoms with Crippen LogP contribution in [0.5, 0.6) is 0 Å². The molecule has 2 aromatic rings. The molecule has 0 spiro atoms. The van der Waals surface area contributed by atoms with Gasteiger partial charge in [-0.3, -0.25) is 9.69 Å². The number of aryl methyl sites for hydroxylation is 1. The molecule has 2 atom stereocenters. The molecule has 5 nitrogen and oxygen atoms in total. The number of aromatic nitrogens is 1. The van der Waals surface area contributed by atoms with Crippen LogP contribution in [0.2, 0.25) is 0 Å². The van der Waals surface area contributed by atoms with Crippen LogP contribution in [0.1, 0.15) is 36.8 Å². The van der Waals surface area contributed by atoms with Gasteiger partial charge in [0, 0.05) is 16.6 Å². The topological polar surface area (TPSA) is 83.0 Å². The molecule has 0 bridgehead atoms. The van der Waals surface area contributed by atoms with Crippen LogP contribution in [-0.2, 0) is 4.79 Å². The monoisotopic (exact) mass is 424 g/mol. The molecule has 0 aliphatic rings. The quantitative estimate of drug-likeness (QED) is 0.635. The normalized spacial score (nSPS) is 14.0. The predicted octanol–water partition coefficient (Wildman–Crippen LogP) is 4.45. The molecule has 0 aliphatic heterocycles. The van der Waals surface area contributed by atoms with Gasteiger partial charge in [0.2, 0.25) is 5.91 Å². The molecule has 0 fully saturated rings. The molecule has 1 amide bonds. The van der Waals surface area contributed by atoms with E-state index in [0.29, 0.717) is 10.6 Å². The zero-order valence-electron chi connectivity index (χ0n) is 16.4. The smallest absolute Gasteiger partial charge is 0.368 e. The highest BCUT2D eigenvalue weighted by atomic mass is 32.1. The van der Waals surface area contributed by atoms with Crippen LogP contribution in [0.4, 0.5) is 13.2 Å². The van der Waals surface area contributed by atoms with E-state index in [9.17, 15) is 18.0 Å². The van der Waals surface area contributed by atoms with Crippen molar-refractivity contribution in [2.75, 3.05) is 6.54 Å². The largest absolute Gasteiger partial charge is 0.408 e. The van der Waals surface area contributed by atoms with Gasteiger partial charge in [0.1, 0.15) is 11.0 Å². The molecule has 0 unspecified atom stereocenters. The van der Waals surface area contributed by atoms with Gasteiger partial charge in [-0.2, -0.15) is 18.4 Å². The second-order valence-corrected chi connectivity index (χ2v) is 8.46. The molecule has 0 aliphatic carbocycles. The van der Waals surface area contributed by atoms with E-state index in [-0.39, 0.29) is 17.9 Å². The van der Waals surface area contributed by atoms with Gasteiger partial charge in [0.25, 0.3) is 0 Å².